The van der Waals surface area contributed by atoms with E-state index >= 15 is 0 Å². The molecule has 0 heterocycles. The number of nitrogens with one attached hydrogen (secondary N) is 1. The summed E-state index contributed by atoms with van der Waals surface area (Å²) in [5, 5.41) is 2.81. The minimum Gasteiger partial charge on any atom is -0.497 e. The Morgan fingerprint density at radius 3 is 2.44 bits per heavy atom. The van der Waals surface area contributed by atoms with Crippen molar-refractivity contribution in [1.82, 2.24) is 0 Å². The lowest BCUT2D eigenvalue weighted by atomic mass is 10.2. The zero-order valence-corrected chi connectivity index (χ0v) is 16.7. The van der Waals surface area contributed by atoms with Crippen LogP contribution in [0.15, 0.2) is 47.4 Å². The molecule has 2 aromatic rings. The van der Waals surface area contributed by atoms with Crippen LogP contribution in [0.5, 0.6) is 11.5 Å². The number of thioether (sulfide) groups is 1. The molecular weight excluding hydrogens is 390 g/mol. The van der Waals surface area contributed by atoms with Crippen LogP contribution in [0, 0.1) is 0 Å². The lowest BCUT2D eigenvalue weighted by Gasteiger charge is -2.13. The van der Waals surface area contributed by atoms with E-state index in [1.54, 1.807) is 37.3 Å². The first-order valence-corrected chi connectivity index (χ1v) is 9.29. The van der Waals surface area contributed by atoms with Gasteiger partial charge in [-0.15, -0.1) is 11.8 Å². The molecular formula is C19H20ClNO5S. The molecule has 8 heteroatoms. The van der Waals surface area contributed by atoms with Crippen LogP contribution in [-0.4, -0.2) is 38.0 Å². The van der Waals surface area contributed by atoms with Crippen LogP contribution in [0.2, 0.25) is 5.02 Å². The van der Waals surface area contributed by atoms with E-state index in [0.29, 0.717) is 22.2 Å². The first-order valence-electron chi connectivity index (χ1n) is 8.03. The molecule has 144 valence electrons. The number of ether oxygens (including phenoxy) is 3. The van der Waals surface area contributed by atoms with E-state index in [4.69, 9.17) is 25.8 Å². The Morgan fingerprint density at radius 2 is 1.81 bits per heavy atom. The molecule has 1 amide bonds. The van der Waals surface area contributed by atoms with Crippen LogP contribution < -0.4 is 14.8 Å². The predicted molar refractivity (Wildman–Crippen MR) is 106 cm³/mol. The van der Waals surface area contributed by atoms with Crippen LogP contribution in [-0.2, 0) is 14.3 Å². The maximum atomic E-state index is 12.1. The van der Waals surface area contributed by atoms with Crippen molar-refractivity contribution in [2.45, 2.75) is 17.1 Å². The summed E-state index contributed by atoms with van der Waals surface area (Å²) in [4.78, 5) is 25.0. The highest BCUT2D eigenvalue weighted by atomic mass is 35.5. The molecule has 2 rings (SSSR count). The Labute approximate surface area is 167 Å². The number of halogens is 1. The van der Waals surface area contributed by atoms with E-state index in [0.717, 1.165) is 4.90 Å². The number of rotatable bonds is 8. The summed E-state index contributed by atoms with van der Waals surface area (Å²) in [5.41, 5.74) is 0.461. The smallest absolute Gasteiger partial charge is 0.319 e. The third-order valence-corrected chi connectivity index (χ3v) is 4.83. The SMILES string of the molecule is COc1ccc(NC(=O)COC(=O)[C@H](C)Sc2ccc(Cl)cc2)c(OC)c1. The van der Waals surface area contributed by atoms with Crippen molar-refractivity contribution in [2.24, 2.45) is 0 Å². The fourth-order valence-electron chi connectivity index (χ4n) is 2.11. The highest BCUT2D eigenvalue weighted by Crippen LogP contribution is 2.29. The molecule has 0 aliphatic carbocycles. The van der Waals surface area contributed by atoms with Gasteiger partial charge in [-0.25, -0.2) is 0 Å². The van der Waals surface area contributed by atoms with Gasteiger partial charge in [0.05, 0.1) is 19.9 Å². The molecule has 0 aromatic heterocycles. The standard InChI is InChI=1S/C19H20ClNO5S/c1-12(27-15-7-4-13(20)5-8-15)19(23)26-11-18(22)21-16-9-6-14(24-2)10-17(16)25-3/h4-10,12H,11H2,1-3H3,(H,21,22)/t12-/m0/s1. The molecule has 6 nitrogen and oxygen atoms in total. The lowest BCUT2D eigenvalue weighted by molar-refractivity contribution is -0.146. The zero-order chi connectivity index (χ0) is 19.8. The normalized spacial score (nSPS) is 11.4. The Hall–Kier alpha value is -2.38. The van der Waals surface area contributed by atoms with E-state index in [-0.39, 0.29) is 6.61 Å². The van der Waals surface area contributed by atoms with Gasteiger partial charge in [-0.1, -0.05) is 11.6 Å². The Morgan fingerprint density at radius 1 is 1.11 bits per heavy atom. The highest BCUT2D eigenvalue weighted by Gasteiger charge is 2.18. The second-order valence-corrected chi connectivity index (χ2v) is 7.29. The van der Waals surface area contributed by atoms with Gasteiger partial charge in [0, 0.05) is 16.0 Å². The number of methoxy groups -OCH3 is 2. The first kappa shape index (κ1) is 20.9. The molecule has 0 saturated heterocycles. The molecule has 27 heavy (non-hydrogen) atoms. The lowest BCUT2D eigenvalue weighted by Crippen LogP contribution is -2.25. The molecule has 2 aromatic carbocycles. The fourth-order valence-corrected chi connectivity index (χ4v) is 3.10. The number of carbonyl (C=O) groups excluding carboxylic acids is 2. The summed E-state index contributed by atoms with van der Waals surface area (Å²) >= 11 is 7.17. The van der Waals surface area contributed by atoms with Crippen molar-refractivity contribution in [3.05, 3.63) is 47.5 Å². The van der Waals surface area contributed by atoms with E-state index in [2.05, 4.69) is 5.32 Å². The van der Waals surface area contributed by atoms with Crippen molar-refractivity contribution in [1.29, 1.82) is 0 Å². The van der Waals surface area contributed by atoms with Crippen molar-refractivity contribution in [3.63, 3.8) is 0 Å². The van der Waals surface area contributed by atoms with E-state index in [9.17, 15) is 9.59 Å². The summed E-state index contributed by atoms with van der Waals surface area (Å²) < 4.78 is 15.4. The van der Waals surface area contributed by atoms with Gasteiger partial charge in [0.25, 0.3) is 5.91 Å². The molecule has 1 atom stereocenters. The van der Waals surface area contributed by atoms with Crippen LogP contribution >= 0.6 is 23.4 Å². The fraction of sp³-hybridized carbons (Fsp3) is 0.263. The second-order valence-electron chi connectivity index (χ2n) is 5.44. The maximum absolute atomic E-state index is 12.1. The largest absolute Gasteiger partial charge is 0.497 e. The van der Waals surface area contributed by atoms with Gasteiger partial charge in [-0.3, -0.25) is 9.59 Å². The van der Waals surface area contributed by atoms with Gasteiger partial charge >= 0.3 is 5.97 Å². The molecule has 0 saturated carbocycles. The van der Waals surface area contributed by atoms with Gasteiger partial charge in [0.2, 0.25) is 0 Å². The minimum absolute atomic E-state index is 0.389. The molecule has 0 spiro atoms. The number of carbonyl (C=O) groups is 2. The average Bonchev–Trinajstić information content (AvgIpc) is 2.68. The summed E-state index contributed by atoms with van der Waals surface area (Å²) in [6, 6.07) is 12.1. The van der Waals surface area contributed by atoms with E-state index < -0.39 is 17.1 Å². The molecule has 0 unspecified atom stereocenters. The number of amides is 1. The minimum atomic E-state index is -0.480. The molecule has 0 fully saturated rings. The Kier molecular flexibility index (Phi) is 7.82. The maximum Gasteiger partial charge on any atom is 0.319 e. The Balaban J connectivity index is 1.85. The second kappa shape index (κ2) is 10.1. The number of hydrogen-bond donors (Lipinski definition) is 1. The average molecular weight is 410 g/mol. The monoisotopic (exact) mass is 409 g/mol. The molecule has 0 bridgehead atoms. The van der Waals surface area contributed by atoms with Crippen molar-refractivity contribution in [3.8, 4) is 11.5 Å². The quantitative estimate of drug-likeness (QED) is 0.524. The van der Waals surface area contributed by atoms with Crippen LogP contribution in [0.3, 0.4) is 0 Å². The zero-order valence-electron chi connectivity index (χ0n) is 15.2. The summed E-state index contributed by atoms with van der Waals surface area (Å²) in [6.45, 7) is 1.32. The summed E-state index contributed by atoms with van der Waals surface area (Å²) in [6.07, 6.45) is 0. The third-order valence-electron chi connectivity index (χ3n) is 3.49. The summed E-state index contributed by atoms with van der Waals surface area (Å²) in [7, 11) is 3.02. The van der Waals surface area contributed by atoms with Crippen molar-refractivity contribution in [2.75, 3.05) is 26.1 Å². The first-order chi connectivity index (χ1) is 12.9. The number of anilines is 1. The summed E-state index contributed by atoms with van der Waals surface area (Å²) in [5.74, 6) is 0.104. The predicted octanol–water partition coefficient (Wildman–Crippen LogP) is 4.02. The van der Waals surface area contributed by atoms with Gasteiger partial charge < -0.3 is 19.5 Å². The molecule has 0 aliphatic heterocycles. The van der Waals surface area contributed by atoms with E-state index in [1.807, 2.05) is 12.1 Å². The van der Waals surface area contributed by atoms with Crippen molar-refractivity contribution >= 4 is 40.9 Å². The Bertz CT molecular complexity index is 797. The third kappa shape index (κ3) is 6.37. The highest BCUT2D eigenvalue weighted by molar-refractivity contribution is 8.00. The van der Waals surface area contributed by atoms with Crippen LogP contribution in [0.1, 0.15) is 6.92 Å². The van der Waals surface area contributed by atoms with E-state index in [1.165, 1.54) is 26.0 Å². The van der Waals surface area contributed by atoms with Crippen molar-refractivity contribution < 1.29 is 23.8 Å². The number of benzene rings is 2. The van der Waals surface area contributed by atoms with Gasteiger partial charge in [0.15, 0.2) is 6.61 Å². The van der Waals surface area contributed by atoms with Gasteiger partial charge in [-0.05, 0) is 43.3 Å². The molecule has 1 N–H and O–H groups in total. The molecule has 0 aliphatic rings. The number of esters is 1. The van der Waals surface area contributed by atoms with Crippen LogP contribution in [0.25, 0.3) is 0 Å². The molecule has 0 radical (unpaired) electrons. The van der Waals surface area contributed by atoms with Gasteiger partial charge in [-0.2, -0.15) is 0 Å². The number of hydrogen-bond acceptors (Lipinski definition) is 6. The topological polar surface area (TPSA) is 73.9 Å². The van der Waals surface area contributed by atoms with Gasteiger partial charge in [0.1, 0.15) is 16.7 Å². The van der Waals surface area contributed by atoms with Crippen LogP contribution in [0.4, 0.5) is 5.69 Å².